The largest absolute Gasteiger partial charge is 0.394 e. The maximum Gasteiger partial charge on any atom is 0.234 e. The molecule has 2 N–H and O–H groups in total. The quantitative estimate of drug-likeness (QED) is 0.642. The number of nitrogens with one attached hydrogen (secondary N) is 1. The smallest absolute Gasteiger partial charge is 0.234 e. The van der Waals surface area contributed by atoms with Crippen LogP contribution in [0.1, 0.15) is 25.7 Å². The minimum atomic E-state index is -0.0585. The highest BCUT2D eigenvalue weighted by atomic mass is 16.3. The minimum absolute atomic E-state index is 0.0506. The second kappa shape index (κ2) is 4.28. The Morgan fingerprint density at radius 2 is 2.14 bits per heavy atom. The summed E-state index contributed by atoms with van der Waals surface area (Å²) in [6.45, 7) is 1.38. The van der Waals surface area contributed by atoms with Crippen LogP contribution in [0.5, 0.6) is 0 Å². The number of amides is 1. The SMILES string of the molecule is O=C1CN(C2CCCC2)CC(CO)N1. The van der Waals surface area contributed by atoms with E-state index in [4.69, 9.17) is 5.11 Å². The number of carbonyl (C=O) groups excluding carboxylic acids is 1. The van der Waals surface area contributed by atoms with E-state index in [2.05, 4.69) is 10.2 Å². The van der Waals surface area contributed by atoms with E-state index in [0.717, 1.165) is 6.54 Å². The molecule has 1 amide bonds. The molecule has 14 heavy (non-hydrogen) atoms. The predicted molar refractivity (Wildman–Crippen MR) is 52.8 cm³/mol. The Morgan fingerprint density at radius 1 is 1.43 bits per heavy atom. The molecule has 0 radical (unpaired) electrons. The molecule has 0 aromatic rings. The molecule has 1 saturated heterocycles. The zero-order valence-corrected chi connectivity index (χ0v) is 8.41. The summed E-state index contributed by atoms with van der Waals surface area (Å²) in [4.78, 5) is 13.6. The van der Waals surface area contributed by atoms with Crippen molar-refractivity contribution in [2.24, 2.45) is 0 Å². The van der Waals surface area contributed by atoms with Crippen LogP contribution in [0.15, 0.2) is 0 Å². The van der Waals surface area contributed by atoms with Gasteiger partial charge in [-0.2, -0.15) is 0 Å². The van der Waals surface area contributed by atoms with E-state index in [0.29, 0.717) is 12.6 Å². The zero-order chi connectivity index (χ0) is 9.97. The number of hydrogen-bond donors (Lipinski definition) is 2. The lowest BCUT2D eigenvalue weighted by Gasteiger charge is -2.36. The molecule has 2 rings (SSSR count). The van der Waals surface area contributed by atoms with Crippen LogP contribution in [-0.4, -0.2) is 47.7 Å². The first-order valence-electron chi connectivity index (χ1n) is 5.44. The molecule has 0 aromatic heterocycles. The standard InChI is InChI=1S/C10H18N2O2/c13-7-8-5-12(6-10(14)11-8)9-3-1-2-4-9/h8-9,13H,1-7H2,(H,11,14). The molecule has 1 heterocycles. The van der Waals surface area contributed by atoms with Crippen molar-refractivity contribution in [3.05, 3.63) is 0 Å². The number of aliphatic hydroxyl groups excluding tert-OH is 1. The summed E-state index contributed by atoms with van der Waals surface area (Å²) in [5, 5.41) is 11.8. The summed E-state index contributed by atoms with van der Waals surface area (Å²) in [7, 11) is 0. The molecule has 4 nitrogen and oxygen atoms in total. The summed E-state index contributed by atoms with van der Waals surface area (Å²) in [5.74, 6) is 0.0576. The summed E-state index contributed by atoms with van der Waals surface area (Å²) in [6, 6.07) is 0.520. The van der Waals surface area contributed by atoms with Gasteiger partial charge < -0.3 is 10.4 Å². The summed E-state index contributed by atoms with van der Waals surface area (Å²) in [5.41, 5.74) is 0. The fourth-order valence-corrected chi connectivity index (χ4v) is 2.50. The van der Waals surface area contributed by atoms with Crippen molar-refractivity contribution in [2.75, 3.05) is 19.7 Å². The molecule has 1 atom stereocenters. The Kier molecular flexibility index (Phi) is 3.03. The van der Waals surface area contributed by atoms with Gasteiger partial charge in [0.2, 0.25) is 5.91 Å². The Morgan fingerprint density at radius 3 is 2.79 bits per heavy atom. The van der Waals surface area contributed by atoms with E-state index in [1.54, 1.807) is 0 Å². The first kappa shape index (κ1) is 9.93. The highest BCUT2D eigenvalue weighted by Gasteiger charge is 2.30. The normalized spacial score (nSPS) is 30.6. The van der Waals surface area contributed by atoms with Gasteiger partial charge in [-0.25, -0.2) is 0 Å². The van der Waals surface area contributed by atoms with Crippen molar-refractivity contribution < 1.29 is 9.90 Å². The third-order valence-electron chi connectivity index (χ3n) is 3.23. The van der Waals surface area contributed by atoms with E-state index in [-0.39, 0.29) is 18.6 Å². The van der Waals surface area contributed by atoms with E-state index in [9.17, 15) is 4.79 Å². The molecule has 1 saturated carbocycles. The second-order valence-electron chi connectivity index (χ2n) is 4.31. The average Bonchev–Trinajstić information content (AvgIpc) is 2.69. The van der Waals surface area contributed by atoms with E-state index in [1.807, 2.05) is 0 Å². The molecule has 1 aliphatic heterocycles. The Bertz CT molecular complexity index is 214. The van der Waals surface area contributed by atoms with Crippen LogP contribution in [0.25, 0.3) is 0 Å². The van der Waals surface area contributed by atoms with Gasteiger partial charge >= 0.3 is 0 Å². The van der Waals surface area contributed by atoms with Crippen LogP contribution in [-0.2, 0) is 4.79 Å². The zero-order valence-electron chi connectivity index (χ0n) is 8.41. The van der Waals surface area contributed by atoms with Gasteiger partial charge in [0.25, 0.3) is 0 Å². The van der Waals surface area contributed by atoms with Crippen LogP contribution < -0.4 is 5.32 Å². The van der Waals surface area contributed by atoms with Crippen molar-refractivity contribution in [1.82, 2.24) is 10.2 Å². The minimum Gasteiger partial charge on any atom is -0.394 e. The molecule has 0 bridgehead atoms. The summed E-state index contributed by atoms with van der Waals surface area (Å²) >= 11 is 0. The molecule has 2 aliphatic rings. The maximum atomic E-state index is 11.3. The lowest BCUT2D eigenvalue weighted by molar-refractivity contribution is -0.127. The van der Waals surface area contributed by atoms with E-state index in [1.165, 1.54) is 25.7 Å². The van der Waals surface area contributed by atoms with Crippen molar-refractivity contribution in [3.8, 4) is 0 Å². The first-order chi connectivity index (χ1) is 6.79. The molecule has 2 fully saturated rings. The highest BCUT2D eigenvalue weighted by molar-refractivity contribution is 5.79. The number of piperazine rings is 1. The van der Waals surface area contributed by atoms with Gasteiger partial charge in [0, 0.05) is 12.6 Å². The number of rotatable bonds is 2. The molecule has 0 spiro atoms. The number of hydrogen-bond acceptors (Lipinski definition) is 3. The Labute approximate surface area is 84.3 Å². The molecular weight excluding hydrogens is 180 g/mol. The van der Waals surface area contributed by atoms with Crippen LogP contribution in [0.2, 0.25) is 0 Å². The summed E-state index contributed by atoms with van der Waals surface area (Å²) < 4.78 is 0. The van der Waals surface area contributed by atoms with Crippen molar-refractivity contribution in [2.45, 2.75) is 37.8 Å². The van der Waals surface area contributed by atoms with Crippen LogP contribution in [0, 0.1) is 0 Å². The molecule has 80 valence electrons. The van der Waals surface area contributed by atoms with Crippen LogP contribution in [0.4, 0.5) is 0 Å². The average molecular weight is 198 g/mol. The summed E-state index contributed by atoms with van der Waals surface area (Å²) in [6.07, 6.45) is 5.00. The van der Waals surface area contributed by atoms with Gasteiger partial charge in [-0.15, -0.1) is 0 Å². The molecule has 1 unspecified atom stereocenters. The molecular formula is C10H18N2O2. The van der Waals surface area contributed by atoms with Crippen LogP contribution in [0.3, 0.4) is 0 Å². The van der Waals surface area contributed by atoms with Crippen molar-refractivity contribution in [1.29, 1.82) is 0 Å². The van der Waals surface area contributed by atoms with Gasteiger partial charge in [-0.05, 0) is 12.8 Å². The van der Waals surface area contributed by atoms with E-state index < -0.39 is 0 Å². The molecule has 4 heteroatoms. The first-order valence-corrected chi connectivity index (χ1v) is 5.44. The van der Waals surface area contributed by atoms with Gasteiger partial charge in [0.05, 0.1) is 19.2 Å². The Balaban J connectivity index is 1.93. The lowest BCUT2D eigenvalue weighted by atomic mass is 10.1. The number of nitrogens with zero attached hydrogens (tertiary/aromatic N) is 1. The van der Waals surface area contributed by atoms with Gasteiger partial charge in [-0.1, -0.05) is 12.8 Å². The highest BCUT2D eigenvalue weighted by Crippen LogP contribution is 2.24. The topological polar surface area (TPSA) is 52.6 Å². The van der Waals surface area contributed by atoms with Crippen molar-refractivity contribution in [3.63, 3.8) is 0 Å². The Hall–Kier alpha value is -0.610. The number of carbonyl (C=O) groups is 1. The fourth-order valence-electron chi connectivity index (χ4n) is 2.50. The predicted octanol–water partition coefficient (Wildman–Crippen LogP) is -0.278. The lowest BCUT2D eigenvalue weighted by Crippen LogP contribution is -2.57. The molecule has 1 aliphatic carbocycles. The third-order valence-corrected chi connectivity index (χ3v) is 3.23. The third kappa shape index (κ3) is 2.07. The number of aliphatic hydroxyl groups is 1. The fraction of sp³-hybridized carbons (Fsp3) is 0.900. The van der Waals surface area contributed by atoms with Gasteiger partial charge in [0.1, 0.15) is 0 Å². The second-order valence-corrected chi connectivity index (χ2v) is 4.31. The monoisotopic (exact) mass is 198 g/mol. The van der Waals surface area contributed by atoms with Crippen LogP contribution >= 0.6 is 0 Å². The van der Waals surface area contributed by atoms with Gasteiger partial charge in [0.15, 0.2) is 0 Å². The maximum absolute atomic E-state index is 11.3. The van der Waals surface area contributed by atoms with Gasteiger partial charge in [-0.3, -0.25) is 9.69 Å². The van der Waals surface area contributed by atoms with E-state index >= 15 is 0 Å². The van der Waals surface area contributed by atoms with Crippen molar-refractivity contribution >= 4 is 5.91 Å². The molecule has 0 aromatic carbocycles.